The largest absolute Gasteiger partial charge is 0.504 e. The van der Waals surface area contributed by atoms with Crippen molar-refractivity contribution in [3.63, 3.8) is 0 Å². The summed E-state index contributed by atoms with van der Waals surface area (Å²) in [5, 5.41) is 90.3. The summed E-state index contributed by atoms with van der Waals surface area (Å²) in [7, 11) is 0. The number of allylic oxidation sites excluding steroid dienone is 1. The lowest BCUT2D eigenvalue weighted by Gasteiger charge is -2.62. The summed E-state index contributed by atoms with van der Waals surface area (Å²) < 4.78 is 13.1. The zero-order valence-corrected chi connectivity index (χ0v) is 30.4. The molecule has 0 aromatic heterocycles. The Labute approximate surface area is 300 Å². The monoisotopic (exact) mass is 714 g/mol. The van der Waals surface area contributed by atoms with Gasteiger partial charge in [0.1, 0.15) is 11.2 Å². The fourth-order valence-corrected chi connectivity index (χ4v) is 12.7. The highest BCUT2D eigenvalue weighted by Crippen LogP contribution is 2.73. The van der Waals surface area contributed by atoms with E-state index in [0.29, 0.717) is 43.2 Å². The number of ether oxygens (including phenoxy) is 2. The predicted octanol–water partition coefficient (Wildman–Crippen LogP) is 3.08. The average Bonchev–Trinajstić information content (AvgIpc) is 3.42. The van der Waals surface area contributed by atoms with E-state index < -0.39 is 69.8 Å². The number of fused-ring (bicyclic) bond motifs is 7. The Morgan fingerprint density at radius 1 is 0.980 bits per heavy atom. The lowest BCUT2D eigenvalue weighted by molar-refractivity contribution is -0.233. The molecular weight excluding hydrogens is 656 g/mol. The van der Waals surface area contributed by atoms with Crippen LogP contribution in [0.1, 0.15) is 97.0 Å². The number of carbonyl (C=O) groups excluding carboxylic acids is 1. The molecule has 1 aromatic carbocycles. The lowest BCUT2D eigenvalue weighted by Crippen LogP contribution is -2.68. The third kappa shape index (κ3) is 5.01. The number of benzene rings is 1. The van der Waals surface area contributed by atoms with Crippen LogP contribution in [0.15, 0.2) is 29.8 Å². The molecule has 0 amide bonds. The predicted molar refractivity (Wildman–Crippen MR) is 186 cm³/mol. The van der Waals surface area contributed by atoms with Crippen molar-refractivity contribution in [1.82, 2.24) is 0 Å². The van der Waals surface area contributed by atoms with Gasteiger partial charge in [0.25, 0.3) is 0 Å². The Bertz CT molecular complexity index is 1550. The maximum Gasteiger partial charge on any atom is 0.160 e. The first-order chi connectivity index (χ1) is 24.0. The van der Waals surface area contributed by atoms with E-state index in [-0.39, 0.29) is 67.7 Å². The van der Waals surface area contributed by atoms with Gasteiger partial charge in [-0.05, 0) is 84.6 Å². The Morgan fingerprint density at radius 2 is 1.73 bits per heavy atom. The Balaban J connectivity index is 1.31. The van der Waals surface area contributed by atoms with Crippen LogP contribution < -0.4 is 0 Å². The van der Waals surface area contributed by atoms with Crippen LogP contribution in [0.25, 0.3) is 0 Å². The molecule has 15 unspecified atom stereocenters. The van der Waals surface area contributed by atoms with Crippen molar-refractivity contribution in [2.24, 2.45) is 40.4 Å². The third-order valence-corrected chi connectivity index (χ3v) is 15.4. The molecule has 5 aliphatic carbocycles. The minimum atomic E-state index is -1.63. The van der Waals surface area contributed by atoms with Gasteiger partial charge in [-0.25, -0.2) is 0 Å². The summed E-state index contributed by atoms with van der Waals surface area (Å²) in [4.78, 5) is 14.6. The zero-order valence-electron chi connectivity index (χ0n) is 30.4. The first-order valence-corrected chi connectivity index (χ1v) is 19.1. The standard InChI is InChI=1S/C40H58O11/c1-21-7-5-11-40(35(47)22(21)2)38(48,13-15-42)34-30(51-40)20-39(49)25-18-28(45)32-31(23-8-9-26(43)27(44)17-23)33(46)29(50-16-6-14-41)19-36(32,3)24(25)10-12-37(34,39)4/h8-9,17-18,21-22,24,29-35,41-44,46-49H,5-7,10-16,19-20H2,1-4H3. The zero-order chi connectivity index (χ0) is 36.9. The topological polar surface area (TPSA) is 197 Å². The van der Waals surface area contributed by atoms with Gasteiger partial charge in [-0.3, -0.25) is 4.79 Å². The van der Waals surface area contributed by atoms with Crippen LogP contribution in [0.3, 0.4) is 0 Å². The third-order valence-electron chi connectivity index (χ3n) is 15.4. The molecule has 1 aromatic rings. The highest BCUT2D eigenvalue weighted by atomic mass is 16.6. The van der Waals surface area contributed by atoms with Gasteiger partial charge in [-0.15, -0.1) is 0 Å². The fourth-order valence-electron chi connectivity index (χ4n) is 12.7. The van der Waals surface area contributed by atoms with Crippen molar-refractivity contribution in [2.75, 3.05) is 19.8 Å². The number of hydrogen-bond acceptors (Lipinski definition) is 11. The molecule has 0 bridgehead atoms. The molecule has 15 atom stereocenters. The van der Waals surface area contributed by atoms with Gasteiger partial charge in [0.2, 0.25) is 0 Å². The minimum absolute atomic E-state index is 0.00883. The second-order valence-electron chi connectivity index (χ2n) is 17.6. The molecule has 11 heteroatoms. The number of phenols is 2. The number of aromatic hydroxyl groups is 2. The molecule has 0 radical (unpaired) electrons. The van der Waals surface area contributed by atoms with Gasteiger partial charge >= 0.3 is 0 Å². The average molecular weight is 715 g/mol. The Morgan fingerprint density at radius 3 is 2.41 bits per heavy atom. The van der Waals surface area contributed by atoms with Crippen molar-refractivity contribution in [3.05, 3.63) is 35.4 Å². The molecule has 11 nitrogen and oxygen atoms in total. The van der Waals surface area contributed by atoms with E-state index >= 15 is 0 Å². The SMILES string of the molecule is CC1CCCC2(OC3CC4(O)C5=CC(=O)C6C(c7ccc(O)c(O)c7)C(O)C(OCCCO)CC6(C)C5CCC4(C)C3C2(O)CCO)C(O)C1C. The van der Waals surface area contributed by atoms with E-state index in [9.17, 15) is 45.6 Å². The molecule has 1 aliphatic heterocycles. The van der Waals surface area contributed by atoms with Gasteiger partial charge in [0.05, 0.1) is 30.0 Å². The number of hydrogen-bond donors (Lipinski definition) is 8. The summed E-state index contributed by atoms with van der Waals surface area (Å²) >= 11 is 0. The molecule has 5 fully saturated rings. The van der Waals surface area contributed by atoms with Crippen LogP contribution in [0.2, 0.25) is 0 Å². The van der Waals surface area contributed by atoms with E-state index in [0.717, 1.165) is 12.8 Å². The van der Waals surface area contributed by atoms with E-state index in [1.165, 1.54) is 12.1 Å². The van der Waals surface area contributed by atoms with Crippen molar-refractivity contribution in [1.29, 1.82) is 0 Å². The van der Waals surface area contributed by atoms with Crippen molar-refractivity contribution in [2.45, 2.75) is 133 Å². The van der Waals surface area contributed by atoms with Crippen LogP contribution in [-0.2, 0) is 14.3 Å². The van der Waals surface area contributed by atoms with Crippen LogP contribution in [-0.4, -0.2) is 108 Å². The van der Waals surface area contributed by atoms with Crippen LogP contribution in [0.5, 0.6) is 11.5 Å². The van der Waals surface area contributed by atoms with Gasteiger partial charge < -0.3 is 50.3 Å². The molecule has 8 N–H and O–H groups in total. The molecule has 7 rings (SSSR count). The van der Waals surface area contributed by atoms with Gasteiger partial charge in [0, 0.05) is 55.8 Å². The number of carbonyl (C=O) groups is 1. The van der Waals surface area contributed by atoms with Crippen molar-refractivity contribution < 1.29 is 55.1 Å². The van der Waals surface area contributed by atoms with Crippen molar-refractivity contribution in [3.8, 4) is 11.5 Å². The Kier molecular flexibility index (Phi) is 9.31. The molecule has 51 heavy (non-hydrogen) atoms. The van der Waals surface area contributed by atoms with Gasteiger partial charge in [-0.1, -0.05) is 46.6 Å². The number of rotatable bonds is 7. The first kappa shape index (κ1) is 37.2. The number of phenolic OH excluding ortho intramolecular Hbond substituents is 2. The van der Waals surface area contributed by atoms with Crippen LogP contribution in [0, 0.1) is 40.4 Å². The number of ketones is 1. The number of aliphatic hydroxyl groups is 6. The normalized spacial score (nSPS) is 49.1. The van der Waals surface area contributed by atoms with Crippen LogP contribution >= 0.6 is 0 Å². The molecule has 4 saturated carbocycles. The fraction of sp³-hybridized carbons (Fsp3) is 0.775. The second-order valence-corrected chi connectivity index (χ2v) is 17.6. The molecule has 284 valence electrons. The maximum atomic E-state index is 14.6. The maximum absolute atomic E-state index is 14.6. The minimum Gasteiger partial charge on any atom is -0.504 e. The van der Waals surface area contributed by atoms with E-state index in [1.807, 2.05) is 20.8 Å². The first-order valence-electron chi connectivity index (χ1n) is 19.1. The molecule has 6 aliphatic rings. The molecule has 1 heterocycles. The molecular formula is C40H58O11. The highest BCUT2D eigenvalue weighted by Gasteiger charge is 2.80. The highest BCUT2D eigenvalue weighted by molar-refractivity contribution is 5.96. The Hall–Kier alpha value is -2.09. The summed E-state index contributed by atoms with van der Waals surface area (Å²) in [5.41, 5.74) is -5.14. The molecule has 1 saturated heterocycles. The quantitative estimate of drug-likeness (QED) is 0.153. The van der Waals surface area contributed by atoms with Gasteiger partial charge in [0.15, 0.2) is 17.3 Å². The summed E-state index contributed by atoms with van der Waals surface area (Å²) in [6.07, 6.45) is 2.08. The summed E-state index contributed by atoms with van der Waals surface area (Å²) in [6.45, 7) is 7.90. The van der Waals surface area contributed by atoms with Gasteiger partial charge in [-0.2, -0.15) is 0 Å². The summed E-state index contributed by atoms with van der Waals surface area (Å²) in [6, 6.07) is 4.33. The second kappa shape index (κ2) is 12.8. The summed E-state index contributed by atoms with van der Waals surface area (Å²) in [5.74, 6) is -3.29. The van der Waals surface area contributed by atoms with E-state index in [1.54, 1.807) is 12.1 Å². The van der Waals surface area contributed by atoms with Crippen molar-refractivity contribution >= 4 is 5.78 Å². The smallest absolute Gasteiger partial charge is 0.160 e. The molecule has 1 spiro atoms. The van der Waals surface area contributed by atoms with E-state index in [4.69, 9.17) is 9.47 Å². The van der Waals surface area contributed by atoms with Crippen LogP contribution in [0.4, 0.5) is 0 Å². The lowest BCUT2D eigenvalue weighted by atomic mass is 9.43. The number of aliphatic hydroxyl groups excluding tert-OH is 4. The van der Waals surface area contributed by atoms with E-state index in [2.05, 4.69) is 6.92 Å².